The van der Waals surface area contributed by atoms with E-state index in [1.807, 2.05) is 30.5 Å². The van der Waals surface area contributed by atoms with Crippen LogP contribution in [-0.4, -0.2) is 34.8 Å². The Hall–Kier alpha value is -2.60. The van der Waals surface area contributed by atoms with Gasteiger partial charge in [0.25, 0.3) is 11.7 Å². The van der Waals surface area contributed by atoms with Gasteiger partial charge in [0.2, 0.25) is 0 Å². The Morgan fingerprint density at radius 2 is 1.97 bits per heavy atom. The number of Topliss-reactive ketones (excluding diaryl/α,β-unsaturated/α-hetero) is 1. The number of nitrogens with zero attached hydrogens (tertiary/aromatic N) is 1. The van der Waals surface area contributed by atoms with E-state index in [-0.39, 0.29) is 11.3 Å². The molecular formula is C23H27NO4S. The van der Waals surface area contributed by atoms with Crippen molar-refractivity contribution in [2.75, 3.05) is 13.2 Å². The molecule has 154 valence electrons. The summed E-state index contributed by atoms with van der Waals surface area (Å²) >= 11 is 1.48. The second-order valence-corrected chi connectivity index (χ2v) is 8.07. The van der Waals surface area contributed by atoms with Crippen LogP contribution in [0.15, 0.2) is 47.4 Å². The molecule has 1 aliphatic rings. The fraction of sp³-hybridized carbons (Fsp3) is 0.391. The summed E-state index contributed by atoms with van der Waals surface area (Å²) in [4.78, 5) is 28.1. The normalized spacial score (nSPS) is 18.4. The number of hydrogen-bond acceptors (Lipinski definition) is 5. The maximum Gasteiger partial charge on any atom is 0.295 e. The zero-order valence-electron chi connectivity index (χ0n) is 16.9. The molecule has 1 N–H and O–H groups in total. The van der Waals surface area contributed by atoms with Crippen molar-refractivity contribution in [2.24, 2.45) is 0 Å². The van der Waals surface area contributed by atoms with Gasteiger partial charge in [0.1, 0.15) is 11.5 Å². The van der Waals surface area contributed by atoms with Gasteiger partial charge >= 0.3 is 0 Å². The van der Waals surface area contributed by atoms with Crippen molar-refractivity contribution in [3.63, 3.8) is 0 Å². The molecule has 6 heteroatoms. The standard InChI is InChI=1S/C23H27NO4S/c1-3-5-6-12-24-20(18-11-8-14-29-18)19(22(26)23(24)27)21(25)16-9-7-10-17(15-16)28-13-4-2/h7-11,14-15,20,25H,3-6,12-13H2,1-2H3/b21-19-. The molecule has 1 unspecified atom stereocenters. The van der Waals surface area contributed by atoms with Gasteiger partial charge in [-0.3, -0.25) is 9.59 Å². The van der Waals surface area contributed by atoms with Crippen LogP contribution in [0.5, 0.6) is 5.75 Å². The van der Waals surface area contributed by atoms with E-state index in [0.29, 0.717) is 24.5 Å². The van der Waals surface area contributed by atoms with Gasteiger partial charge in [-0.1, -0.05) is 44.9 Å². The van der Waals surface area contributed by atoms with E-state index in [1.165, 1.54) is 11.3 Å². The number of carbonyl (C=O) groups is 2. The molecule has 0 saturated carbocycles. The number of ether oxygens (including phenoxy) is 1. The minimum absolute atomic E-state index is 0.151. The van der Waals surface area contributed by atoms with Crippen LogP contribution in [0.3, 0.4) is 0 Å². The predicted molar refractivity (Wildman–Crippen MR) is 115 cm³/mol. The molecule has 1 fully saturated rings. The van der Waals surface area contributed by atoms with Gasteiger partial charge < -0.3 is 14.7 Å². The number of thiophene rings is 1. The lowest BCUT2D eigenvalue weighted by molar-refractivity contribution is -0.139. The van der Waals surface area contributed by atoms with Crippen LogP contribution < -0.4 is 4.74 Å². The molecular weight excluding hydrogens is 386 g/mol. The summed E-state index contributed by atoms with van der Waals surface area (Å²) in [5.41, 5.74) is 0.633. The third-order valence-corrected chi connectivity index (χ3v) is 5.86. The van der Waals surface area contributed by atoms with E-state index < -0.39 is 17.7 Å². The average Bonchev–Trinajstić information content (AvgIpc) is 3.34. The Morgan fingerprint density at radius 1 is 1.14 bits per heavy atom. The number of rotatable bonds is 9. The summed E-state index contributed by atoms with van der Waals surface area (Å²) in [6.45, 7) is 5.18. The summed E-state index contributed by atoms with van der Waals surface area (Å²) in [5.74, 6) is -0.695. The third-order valence-electron chi connectivity index (χ3n) is 4.94. The Labute approximate surface area is 175 Å². The number of hydrogen-bond donors (Lipinski definition) is 1. The van der Waals surface area contributed by atoms with Gasteiger partial charge in [0.15, 0.2) is 0 Å². The summed E-state index contributed by atoms with van der Waals surface area (Å²) < 4.78 is 5.65. The number of likely N-dealkylation sites (tertiary alicyclic amines) is 1. The number of amides is 1. The molecule has 0 aliphatic carbocycles. The SMILES string of the molecule is CCCCCN1C(=O)C(=O)/C(=C(\O)c2cccc(OCCC)c2)C1c1cccs1. The van der Waals surface area contributed by atoms with Gasteiger partial charge in [-0.25, -0.2) is 0 Å². The first-order valence-electron chi connectivity index (χ1n) is 10.1. The average molecular weight is 414 g/mol. The van der Waals surface area contributed by atoms with Crippen molar-refractivity contribution in [2.45, 2.75) is 45.6 Å². The van der Waals surface area contributed by atoms with Gasteiger partial charge in [-0.05, 0) is 36.4 Å². The molecule has 1 saturated heterocycles. The fourth-order valence-electron chi connectivity index (χ4n) is 3.49. The van der Waals surface area contributed by atoms with E-state index >= 15 is 0 Å². The topological polar surface area (TPSA) is 66.8 Å². The third kappa shape index (κ3) is 4.53. The summed E-state index contributed by atoms with van der Waals surface area (Å²) in [5, 5.41) is 13.0. The van der Waals surface area contributed by atoms with E-state index in [9.17, 15) is 14.7 Å². The zero-order valence-corrected chi connectivity index (χ0v) is 17.7. The van der Waals surface area contributed by atoms with E-state index in [1.54, 1.807) is 23.1 Å². The molecule has 1 aromatic carbocycles. The van der Waals surface area contributed by atoms with Crippen molar-refractivity contribution in [3.05, 3.63) is 57.8 Å². The zero-order chi connectivity index (χ0) is 20.8. The number of benzene rings is 1. The van der Waals surface area contributed by atoms with Crippen molar-refractivity contribution in [1.29, 1.82) is 0 Å². The first-order chi connectivity index (χ1) is 14.1. The molecule has 1 atom stereocenters. The van der Waals surface area contributed by atoms with Crippen LogP contribution >= 0.6 is 11.3 Å². The maximum atomic E-state index is 12.9. The van der Waals surface area contributed by atoms with E-state index in [0.717, 1.165) is 30.6 Å². The van der Waals surface area contributed by atoms with E-state index in [2.05, 4.69) is 6.92 Å². The lowest BCUT2D eigenvalue weighted by Gasteiger charge is -2.24. The highest BCUT2D eigenvalue weighted by Gasteiger charge is 2.46. The van der Waals surface area contributed by atoms with Gasteiger partial charge in [-0.15, -0.1) is 11.3 Å². The first-order valence-corrected chi connectivity index (χ1v) is 11.0. The highest BCUT2D eigenvalue weighted by Crippen LogP contribution is 2.41. The van der Waals surface area contributed by atoms with Crippen LogP contribution in [-0.2, 0) is 9.59 Å². The highest BCUT2D eigenvalue weighted by molar-refractivity contribution is 7.10. The fourth-order valence-corrected chi connectivity index (χ4v) is 4.34. The molecule has 0 bridgehead atoms. The quantitative estimate of drug-likeness (QED) is 0.267. The molecule has 1 aliphatic heterocycles. The van der Waals surface area contributed by atoms with Gasteiger partial charge in [0, 0.05) is 17.0 Å². The Balaban J connectivity index is 2.02. The molecule has 2 aromatic rings. The Bertz CT molecular complexity index is 888. The Morgan fingerprint density at radius 3 is 2.66 bits per heavy atom. The number of aliphatic hydroxyl groups excluding tert-OH is 1. The summed E-state index contributed by atoms with van der Waals surface area (Å²) in [6, 6.07) is 10.3. The lowest BCUT2D eigenvalue weighted by atomic mass is 9.99. The molecule has 1 aromatic heterocycles. The maximum absolute atomic E-state index is 12.9. The van der Waals surface area contributed by atoms with Crippen molar-refractivity contribution < 1.29 is 19.4 Å². The second-order valence-electron chi connectivity index (χ2n) is 7.09. The molecule has 29 heavy (non-hydrogen) atoms. The monoisotopic (exact) mass is 413 g/mol. The Kier molecular flexibility index (Phi) is 7.09. The highest BCUT2D eigenvalue weighted by atomic mass is 32.1. The van der Waals surface area contributed by atoms with Crippen molar-refractivity contribution in [1.82, 2.24) is 4.90 Å². The van der Waals surface area contributed by atoms with Crippen molar-refractivity contribution >= 4 is 28.8 Å². The van der Waals surface area contributed by atoms with Crippen LogP contribution in [0.1, 0.15) is 56.0 Å². The molecule has 3 rings (SSSR count). The summed E-state index contributed by atoms with van der Waals surface area (Å²) in [7, 11) is 0. The molecule has 0 radical (unpaired) electrons. The van der Waals surface area contributed by atoms with Crippen LogP contribution in [0.25, 0.3) is 5.76 Å². The van der Waals surface area contributed by atoms with Crippen molar-refractivity contribution in [3.8, 4) is 5.75 Å². The van der Waals surface area contributed by atoms with Gasteiger partial charge in [0.05, 0.1) is 18.2 Å². The number of ketones is 1. The number of unbranched alkanes of at least 4 members (excludes halogenated alkanes) is 2. The second kappa shape index (κ2) is 9.74. The van der Waals surface area contributed by atoms with Crippen LogP contribution in [0.2, 0.25) is 0 Å². The van der Waals surface area contributed by atoms with Crippen LogP contribution in [0, 0.1) is 0 Å². The first kappa shape index (κ1) is 21.1. The molecule has 0 spiro atoms. The summed E-state index contributed by atoms with van der Waals surface area (Å²) in [6.07, 6.45) is 3.71. The molecule has 1 amide bonds. The minimum Gasteiger partial charge on any atom is -0.507 e. The lowest BCUT2D eigenvalue weighted by Crippen LogP contribution is -2.30. The number of aliphatic hydroxyl groups is 1. The number of carbonyl (C=O) groups excluding carboxylic acids is 2. The van der Waals surface area contributed by atoms with Crippen LogP contribution in [0.4, 0.5) is 0 Å². The molecule has 2 heterocycles. The minimum atomic E-state index is -0.628. The van der Waals surface area contributed by atoms with Gasteiger partial charge in [-0.2, -0.15) is 0 Å². The largest absolute Gasteiger partial charge is 0.507 e. The predicted octanol–water partition coefficient (Wildman–Crippen LogP) is 5.15. The molecule has 5 nitrogen and oxygen atoms in total. The smallest absolute Gasteiger partial charge is 0.295 e. The van der Waals surface area contributed by atoms with E-state index in [4.69, 9.17) is 4.74 Å².